The third-order valence-corrected chi connectivity index (χ3v) is 6.58. The molecule has 0 saturated carbocycles. The molecule has 0 spiro atoms. The quantitative estimate of drug-likeness (QED) is 0.225. The summed E-state index contributed by atoms with van der Waals surface area (Å²) < 4.78 is 7.26. The number of aliphatic hydroxyl groups excluding tert-OH is 1. The van der Waals surface area contributed by atoms with Crippen molar-refractivity contribution in [2.45, 2.75) is 52.2 Å². The molecular weight excluding hydrogens is 466 g/mol. The van der Waals surface area contributed by atoms with Crippen LogP contribution in [-0.2, 0) is 24.1 Å². The van der Waals surface area contributed by atoms with Gasteiger partial charge in [-0.1, -0.05) is 56.7 Å². The molecule has 6 heteroatoms. The lowest BCUT2D eigenvalue weighted by Crippen LogP contribution is -2.20. The summed E-state index contributed by atoms with van der Waals surface area (Å²) in [4.78, 5) is 12.2. The van der Waals surface area contributed by atoms with E-state index in [1.54, 1.807) is 36.4 Å². The van der Waals surface area contributed by atoms with E-state index in [2.05, 4.69) is 13.8 Å². The maximum Gasteiger partial charge on any atom is 0.338 e. The van der Waals surface area contributed by atoms with E-state index in [1.807, 2.05) is 41.1 Å². The van der Waals surface area contributed by atoms with E-state index >= 15 is 0 Å². The van der Waals surface area contributed by atoms with Gasteiger partial charge in [0.2, 0.25) is 0 Å². The van der Waals surface area contributed by atoms with Crippen LogP contribution in [0.3, 0.4) is 0 Å². The predicted molar refractivity (Wildman–Crippen MR) is 145 cm³/mol. The number of rotatable bonds is 11. The first-order valence-corrected chi connectivity index (χ1v) is 12.8. The van der Waals surface area contributed by atoms with E-state index in [-0.39, 0.29) is 24.7 Å². The molecule has 1 atom stereocenters. The van der Waals surface area contributed by atoms with Crippen LogP contribution in [0.2, 0.25) is 0 Å². The van der Waals surface area contributed by atoms with Crippen molar-refractivity contribution >= 4 is 16.9 Å². The van der Waals surface area contributed by atoms with Crippen LogP contribution < -0.4 is 0 Å². The minimum Gasteiger partial charge on any atom is -0.507 e. The molecule has 0 amide bonds. The number of ether oxygens (including phenoxy) is 1. The molecule has 1 unspecified atom stereocenters. The molecular formula is C31H35NO5. The van der Waals surface area contributed by atoms with Gasteiger partial charge >= 0.3 is 5.97 Å². The second-order valence-electron chi connectivity index (χ2n) is 10.0. The van der Waals surface area contributed by atoms with Crippen LogP contribution in [0.4, 0.5) is 0 Å². The number of aryl methyl sites for hydroxylation is 1. The van der Waals surface area contributed by atoms with Gasteiger partial charge in [0.1, 0.15) is 18.1 Å². The van der Waals surface area contributed by atoms with Crippen molar-refractivity contribution in [2.75, 3.05) is 6.61 Å². The molecule has 194 valence electrons. The van der Waals surface area contributed by atoms with Gasteiger partial charge < -0.3 is 24.6 Å². The first kappa shape index (κ1) is 26.3. The summed E-state index contributed by atoms with van der Waals surface area (Å²) >= 11 is 0. The topological polar surface area (TPSA) is 91.9 Å². The Morgan fingerprint density at radius 1 is 0.973 bits per heavy atom. The number of phenols is 2. The highest BCUT2D eigenvalue weighted by Gasteiger charge is 2.17. The molecule has 0 bridgehead atoms. The van der Waals surface area contributed by atoms with Crippen molar-refractivity contribution in [3.05, 3.63) is 95.2 Å². The number of nitrogens with zero attached hydrogens (tertiary/aromatic N) is 1. The summed E-state index contributed by atoms with van der Waals surface area (Å²) in [5.41, 5.74) is 3.63. The van der Waals surface area contributed by atoms with Crippen molar-refractivity contribution in [3.63, 3.8) is 0 Å². The van der Waals surface area contributed by atoms with Gasteiger partial charge in [0.15, 0.2) is 0 Å². The van der Waals surface area contributed by atoms with Gasteiger partial charge in [-0.25, -0.2) is 4.79 Å². The van der Waals surface area contributed by atoms with Crippen molar-refractivity contribution < 1.29 is 24.9 Å². The van der Waals surface area contributed by atoms with E-state index in [9.17, 15) is 20.1 Å². The third kappa shape index (κ3) is 6.71. The van der Waals surface area contributed by atoms with Gasteiger partial charge in [0, 0.05) is 23.5 Å². The van der Waals surface area contributed by atoms with E-state index in [0.717, 1.165) is 41.3 Å². The summed E-state index contributed by atoms with van der Waals surface area (Å²) in [5, 5.41) is 33.0. The zero-order valence-corrected chi connectivity index (χ0v) is 21.4. The van der Waals surface area contributed by atoms with Crippen LogP contribution in [0.5, 0.6) is 11.5 Å². The van der Waals surface area contributed by atoms with Crippen LogP contribution in [0.1, 0.15) is 53.7 Å². The van der Waals surface area contributed by atoms with Crippen LogP contribution >= 0.6 is 0 Å². The molecule has 3 N–H and O–H groups in total. The maximum atomic E-state index is 12.2. The van der Waals surface area contributed by atoms with Gasteiger partial charge in [-0.15, -0.1) is 0 Å². The van der Waals surface area contributed by atoms with Crippen LogP contribution in [0.15, 0.2) is 72.9 Å². The fourth-order valence-corrected chi connectivity index (χ4v) is 4.65. The maximum absolute atomic E-state index is 12.2. The lowest BCUT2D eigenvalue weighted by Gasteiger charge is -2.13. The van der Waals surface area contributed by atoms with Crippen LogP contribution in [-0.4, -0.2) is 38.6 Å². The molecule has 0 fully saturated rings. The number of aliphatic hydroxyl groups is 1. The minimum absolute atomic E-state index is 0.0757. The number of carbonyl (C=O) groups is 1. The molecule has 37 heavy (non-hydrogen) atoms. The number of carbonyl (C=O) groups excluding carboxylic acids is 1. The number of fused-ring (bicyclic) bond motifs is 1. The molecule has 3 aromatic carbocycles. The van der Waals surface area contributed by atoms with Gasteiger partial charge in [-0.3, -0.25) is 0 Å². The lowest BCUT2D eigenvalue weighted by molar-refractivity contribution is 0.0259. The zero-order chi connectivity index (χ0) is 26.4. The van der Waals surface area contributed by atoms with Crippen LogP contribution in [0, 0.1) is 5.92 Å². The lowest BCUT2D eigenvalue weighted by atomic mass is 10.0. The molecule has 4 aromatic rings. The summed E-state index contributed by atoms with van der Waals surface area (Å²) in [6, 6.07) is 20.0. The number of aromatic hydroxyl groups is 2. The van der Waals surface area contributed by atoms with Crippen LogP contribution in [0.25, 0.3) is 10.9 Å². The van der Waals surface area contributed by atoms with Gasteiger partial charge in [0.05, 0.1) is 23.8 Å². The second kappa shape index (κ2) is 12.0. The third-order valence-electron chi connectivity index (χ3n) is 6.58. The molecule has 0 aliphatic rings. The standard InChI is InChI=1S/C31H35NO5/c1-21(2)9-8-10-22-15-29(34)27(30(35)16-22)19-32-18-24(26-13-6-7-14-28(26)32)17-25(33)20-37-31(36)23-11-4-3-5-12-23/h3-7,11-16,18,21,25,33-35H,8-10,17,19-20H2,1-2H3. The van der Waals surface area contributed by atoms with Crippen molar-refractivity contribution in [1.82, 2.24) is 4.57 Å². The van der Waals surface area contributed by atoms with E-state index in [4.69, 9.17) is 4.74 Å². The number of para-hydroxylation sites is 1. The first-order valence-electron chi connectivity index (χ1n) is 12.8. The SMILES string of the molecule is CC(C)CCCc1cc(O)c(Cn2cc(CC(O)COC(=O)c3ccccc3)c3ccccc32)c(O)c1. The van der Waals surface area contributed by atoms with Crippen molar-refractivity contribution in [1.29, 1.82) is 0 Å². The molecule has 0 saturated heterocycles. The highest BCUT2D eigenvalue weighted by Crippen LogP contribution is 2.32. The highest BCUT2D eigenvalue weighted by atomic mass is 16.5. The molecule has 1 aromatic heterocycles. The first-order chi connectivity index (χ1) is 17.8. The largest absolute Gasteiger partial charge is 0.507 e. The Bertz CT molecular complexity index is 1320. The normalized spacial score (nSPS) is 12.2. The number of hydrogen-bond acceptors (Lipinski definition) is 5. The number of esters is 1. The van der Waals surface area contributed by atoms with Gasteiger partial charge in [-0.2, -0.15) is 0 Å². The van der Waals surface area contributed by atoms with Gasteiger partial charge in [0.25, 0.3) is 0 Å². The summed E-state index contributed by atoms with van der Waals surface area (Å²) in [6.45, 7) is 4.53. The smallest absolute Gasteiger partial charge is 0.338 e. The number of hydrogen-bond donors (Lipinski definition) is 3. The Morgan fingerprint density at radius 3 is 2.35 bits per heavy atom. The van der Waals surface area contributed by atoms with Crippen molar-refractivity contribution in [3.8, 4) is 11.5 Å². The molecule has 4 rings (SSSR count). The monoisotopic (exact) mass is 501 g/mol. The molecule has 1 heterocycles. The number of benzene rings is 3. The Balaban J connectivity index is 1.47. The van der Waals surface area contributed by atoms with E-state index in [1.165, 1.54) is 0 Å². The molecule has 0 aliphatic carbocycles. The second-order valence-corrected chi connectivity index (χ2v) is 10.0. The zero-order valence-electron chi connectivity index (χ0n) is 21.4. The summed E-state index contributed by atoms with van der Waals surface area (Å²) in [7, 11) is 0. The van der Waals surface area contributed by atoms with Gasteiger partial charge in [-0.05, 0) is 60.2 Å². The highest BCUT2D eigenvalue weighted by molar-refractivity contribution is 5.89. The molecule has 0 aliphatic heterocycles. The van der Waals surface area contributed by atoms with E-state index in [0.29, 0.717) is 23.5 Å². The van der Waals surface area contributed by atoms with E-state index < -0.39 is 12.1 Å². The average Bonchev–Trinajstić information content (AvgIpc) is 3.22. The predicted octanol–water partition coefficient (Wildman–Crippen LogP) is 5.84. The summed E-state index contributed by atoms with van der Waals surface area (Å²) in [6.07, 6.45) is 4.25. The molecule has 0 radical (unpaired) electrons. The van der Waals surface area contributed by atoms with Crippen molar-refractivity contribution in [2.24, 2.45) is 5.92 Å². The fourth-order valence-electron chi connectivity index (χ4n) is 4.65. The Kier molecular flexibility index (Phi) is 8.51. The minimum atomic E-state index is -0.876. The number of aromatic nitrogens is 1. The Morgan fingerprint density at radius 2 is 1.65 bits per heavy atom. The Hall–Kier alpha value is -3.77. The average molecular weight is 502 g/mol. The number of phenolic OH excluding ortho intramolecular Hbond substituents is 2. The fraction of sp³-hybridized carbons (Fsp3) is 0.323. The molecule has 6 nitrogen and oxygen atoms in total. The summed E-state index contributed by atoms with van der Waals surface area (Å²) in [5.74, 6) is 0.297. The Labute approximate surface area is 217 Å².